The molecule has 1 aromatic heterocycles. The fourth-order valence-electron chi connectivity index (χ4n) is 3.38. The van der Waals surface area contributed by atoms with E-state index in [0.717, 1.165) is 15.7 Å². The number of rotatable bonds is 10. The summed E-state index contributed by atoms with van der Waals surface area (Å²) in [4.78, 5) is 36.1. The van der Waals surface area contributed by atoms with E-state index in [-0.39, 0.29) is 25.8 Å². The number of aliphatic hydroxyl groups is 1. The van der Waals surface area contributed by atoms with E-state index in [1.807, 2.05) is 36.2 Å². The summed E-state index contributed by atoms with van der Waals surface area (Å²) >= 11 is 0. The van der Waals surface area contributed by atoms with Crippen molar-refractivity contribution in [3.63, 3.8) is 0 Å². The van der Waals surface area contributed by atoms with Crippen LogP contribution in [0.5, 0.6) is 0 Å². The Morgan fingerprint density at radius 1 is 1.36 bits per heavy atom. The number of ether oxygens (including phenoxy) is 1. The Balaban J connectivity index is 1.69. The van der Waals surface area contributed by atoms with Crippen LogP contribution >= 0.6 is 7.60 Å². The van der Waals surface area contributed by atoms with Gasteiger partial charge in [-0.2, -0.15) is 4.39 Å². The highest BCUT2D eigenvalue weighted by Gasteiger charge is 2.38. The Kier molecular flexibility index (Phi) is 8.14. The van der Waals surface area contributed by atoms with Crippen molar-refractivity contribution in [2.75, 3.05) is 12.8 Å². The van der Waals surface area contributed by atoms with Gasteiger partial charge in [-0.05, 0) is 18.1 Å². The zero-order valence-electron chi connectivity index (χ0n) is 18.2. The number of aromatic nitrogens is 2. The second-order valence-electron chi connectivity index (χ2n) is 7.98. The maximum Gasteiger partial charge on any atom is 0.331 e. The SMILES string of the molecule is Cc1ccccc1CO[P@](=O)(C[C@H](C)C=O)OCC1OC(n2cc(F)c(=O)[nH]c2=O)CC1O. The third-order valence-electron chi connectivity index (χ3n) is 5.30. The molecule has 2 N–H and O–H groups in total. The normalized spacial score (nSPS) is 23.2. The Morgan fingerprint density at radius 2 is 2.09 bits per heavy atom. The molecule has 3 rings (SSSR count). The third-order valence-corrected chi connectivity index (χ3v) is 7.38. The summed E-state index contributed by atoms with van der Waals surface area (Å²) in [5.74, 6) is -1.78. The number of carbonyl (C=O) groups excluding carboxylic acids is 1. The first-order valence-electron chi connectivity index (χ1n) is 10.3. The van der Waals surface area contributed by atoms with Crippen molar-refractivity contribution >= 4 is 13.9 Å². The number of benzene rings is 1. The van der Waals surface area contributed by atoms with Crippen LogP contribution in [0.1, 0.15) is 30.7 Å². The van der Waals surface area contributed by atoms with Crippen LogP contribution in [0.15, 0.2) is 40.1 Å². The molecule has 2 heterocycles. The second kappa shape index (κ2) is 10.7. The van der Waals surface area contributed by atoms with E-state index in [4.69, 9.17) is 13.8 Å². The van der Waals surface area contributed by atoms with Crippen LogP contribution in [0.25, 0.3) is 0 Å². The lowest BCUT2D eigenvalue weighted by Gasteiger charge is -2.23. The molecule has 0 spiro atoms. The molecule has 3 unspecified atom stereocenters. The van der Waals surface area contributed by atoms with Gasteiger partial charge in [0.1, 0.15) is 18.6 Å². The first-order valence-corrected chi connectivity index (χ1v) is 12.1. The number of aryl methyl sites for hydroxylation is 1. The van der Waals surface area contributed by atoms with E-state index >= 15 is 0 Å². The Bertz CT molecular complexity index is 1150. The molecule has 0 bridgehead atoms. The van der Waals surface area contributed by atoms with Crippen molar-refractivity contribution in [3.05, 3.63) is 68.2 Å². The number of nitrogens with zero attached hydrogens (tertiary/aromatic N) is 1. The monoisotopic (exact) mass is 484 g/mol. The molecule has 1 fully saturated rings. The Morgan fingerprint density at radius 3 is 2.79 bits per heavy atom. The van der Waals surface area contributed by atoms with E-state index < -0.39 is 49.0 Å². The van der Waals surface area contributed by atoms with E-state index in [0.29, 0.717) is 12.5 Å². The molecule has 5 atom stereocenters. The molecule has 0 amide bonds. The summed E-state index contributed by atoms with van der Waals surface area (Å²) in [6.45, 7) is 3.10. The number of hydrogen-bond donors (Lipinski definition) is 2. The predicted molar refractivity (Wildman–Crippen MR) is 115 cm³/mol. The van der Waals surface area contributed by atoms with E-state index in [9.17, 15) is 28.4 Å². The highest BCUT2D eigenvalue weighted by molar-refractivity contribution is 7.53. The van der Waals surface area contributed by atoms with E-state index in [1.165, 1.54) is 0 Å². The van der Waals surface area contributed by atoms with Crippen molar-refractivity contribution < 1.29 is 32.6 Å². The molecule has 12 heteroatoms. The van der Waals surface area contributed by atoms with E-state index in [1.54, 1.807) is 6.92 Å². The standard InChI is InChI=1S/C21H26FN2O8P/c1-13(9-25)12-33(29,30-10-15-6-4-3-5-14(15)2)31-11-18-17(26)7-19(32-18)24-8-16(22)20(27)23-21(24)28/h3-6,8-9,13,17-19,26H,7,10-12H2,1-2H3,(H,23,27,28)/t13-,17?,18?,19?,33-/m1/s1. The smallest absolute Gasteiger partial charge is 0.331 e. The van der Waals surface area contributed by atoms with Gasteiger partial charge in [0.2, 0.25) is 5.82 Å². The minimum absolute atomic E-state index is 0.00171. The first kappa shape index (κ1) is 25.2. The fraction of sp³-hybridized carbons (Fsp3) is 0.476. The van der Waals surface area contributed by atoms with Crippen LogP contribution in [-0.2, 0) is 29.8 Å². The number of nitrogens with one attached hydrogen (secondary N) is 1. The van der Waals surface area contributed by atoms with Gasteiger partial charge in [0, 0.05) is 12.3 Å². The van der Waals surface area contributed by atoms with Crippen molar-refractivity contribution in [2.45, 2.75) is 45.3 Å². The number of aromatic amines is 1. The van der Waals surface area contributed by atoms with Gasteiger partial charge < -0.3 is 23.7 Å². The number of aldehydes is 1. The average molecular weight is 484 g/mol. The molecule has 0 saturated carbocycles. The van der Waals surface area contributed by atoms with Crippen LogP contribution in [0, 0.1) is 18.7 Å². The summed E-state index contributed by atoms with van der Waals surface area (Å²) in [5.41, 5.74) is -0.321. The Hall–Kier alpha value is -2.43. The molecule has 2 aromatic rings. The first-order chi connectivity index (χ1) is 15.6. The molecule has 1 aliphatic rings. The van der Waals surface area contributed by atoms with Gasteiger partial charge in [-0.3, -0.25) is 18.9 Å². The topological polar surface area (TPSA) is 137 Å². The molecule has 1 saturated heterocycles. The van der Waals surface area contributed by atoms with Crippen LogP contribution in [0.3, 0.4) is 0 Å². The molecule has 1 aliphatic heterocycles. The predicted octanol–water partition coefficient (Wildman–Crippen LogP) is 1.89. The number of carbonyl (C=O) groups is 1. The van der Waals surface area contributed by atoms with Gasteiger partial charge in [0.15, 0.2) is 0 Å². The third kappa shape index (κ3) is 6.33. The lowest BCUT2D eigenvalue weighted by atomic mass is 10.1. The molecular weight excluding hydrogens is 458 g/mol. The zero-order valence-corrected chi connectivity index (χ0v) is 19.1. The molecule has 1 aromatic carbocycles. The highest BCUT2D eigenvalue weighted by atomic mass is 31.2. The second-order valence-corrected chi connectivity index (χ2v) is 10.1. The summed E-state index contributed by atoms with van der Waals surface area (Å²) in [5, 5.41) is 10.3. The largest absolute Gasteiger partial charge is 0.390 e. The molecule has 33 heavy (non-hydrogen) atoms. The molecule has 10 nitrogen and oxygen atoms in total. The van der Waals surface area contributed by atoms with Gasteiger partial charge >= 0.3 is 13.3 Å². The molecular formula is C21H26FN2O8P. The van der Waals surface area contributed by atoms with Crippen LogP contribution < -0.4 is 11.2 Å². The average Bonchev–Trinajstić information content (AvgIpc) is 3.14. The van der Waals surface area contributed by atoms with Crippen LogP contribution in [0.4, 0.5) is 4.39 Å². The quantitative estimate of drug-likeness (QED) is 0.385. The molecule has 0 radical (unpaired) electrons. The lowest BCUT2D eigenvalue weighted by Crippen LogP contribution is -2.34. The highest BCUT2D eigenvalue weighted by Crippen LogP contribution is 2.51. The van der Waals surface area contributed by atoms with Crippen molar-refractivity contribution in [3.8, 4) is 0 Å². The van der Waals surface area contributed by atoms with Crippen molar-refractivity contribution in [2.24, 2.45) is 5.92 Å². The van der Waals surface area contributed by atoms with Gasteiger partial charge in [0.05, 0.1) is 31.7 Å². The number of halogens is 1. The lowest BCUT2D eigenvalue weighted by molar-refractivity contribution is -0.110. The van der Waals surface area contributed by atoms with Gasteiger partial charge in [-0.1, -0.05) is 31.2 Å². The minimum atomic E-state index is -3.77. The summed E-state index contributed by atoms with van der Waals surface area (Å²) in [7, 11) is -3.77. The maximum atomic E-state index is 13.6. The summed E-state index contributed by atoms with van der Waals surface area (Å²) in [6.07, 6.45) is -2.10. The summed E-state index contributed by atoms with van der Waals surface area (Å²) in [6, 6.07) is 7.37. The molecule has 180 valence electrons. The van der Waals surface area contributed by atoms with Crippen LogP contribution in [-0.4, -0.2) is 45.9 Å². The minimum Gasteiger partial charge on any atom is -0.390 e. The van der Waals surface area contributed by atoms with Crippen LogP contribution in [0.2, 0.25) is 0 Å². The van der Waals surface area contributed by atoms with Gasteiger partial charge in [-0.15, -0.1) is 0 Å². The van der Waals surface area contributed by atoms with Gasteiger partial charge in [-0.25, -0.2) is 4.79 Å². The number of H-pyrrole nitrogens is 1. The molecule has 0 aliphatic carbocycles. The van der Waals surface area contributed by atoms with Gasteiger partial charge in [0.25, 0.3) is 5.56 Å². The summed E-state index contributed by atoms with van der Waals surface area (Å²) < 4.78 is 44.5. The van der Waals surface area contributed by atoms with Crippen molar-refractivity contribution in [1.82, 2.24) is 9.55 Å². The number of hydrogen-bond acceptors (Lipinski definition) is 8. The maximum absolute atomic E-state index is 13.6. The fourth-order valence-corrected chi connectivity index (χ4v) is 5.16. The van der Waals surface area contributed by atoms with Crippen molar-refractivity contribution in [1.29, 1.82) is 0 Å². The van der Waals surface area contributed by atoms with E-state index in [2.05, 4.69) is 0 Å². The number of aliphatic hydroxyl groups excluding tert-OH is 1. The zero-order chi connectivity index (χ0) is 24.2. The Labute approximate surface area is 188 Å².